The maximum atomic E-state index is 10.6. The number of hydrogen-bond acceptors (Lipinski definition) is 2. The van der Waals surface area contributed by atoms with Crippen LogP contribution in [0.4, 0.5) is 0 Å². The van der Waals surface area contributed by atoms with E-state index in [4.69, 9.17) is 5.11 Å². The number of carboxylic acid groups (broad SMARTS) is 1. The van der Waals surface area contributed by atoms with Gasteiger partial charge in [-0.2, -0.15) is 0 Å². The molecule has 0 radical (unpaired) electrons. The summed E-state index contributed by atoms with van der Waals surface area (Å²) in [6.07, 6.45) is 2.31. The van der Waals surface area contributed by atoms with Gasteiger partial charge in [-0.15, -0.1) is 0 Å². The SMILES string of the molecule is CC(C)CCCNC(C)C(C)C(=O)O. The first kappa shape index (κ1) is 13.4. The molecule has 0 aromatic carbocycles. The first-order valence-corrected chi connectivity index (χ1v) is 5.41. The molecule has 3 nitrogen and oxygen atoms in total. The second-order valence-electron chi connectivity index (χ2n) is 4.41. The van der Waals surface area contributed by atoms with Gasteiger partial charge in [0, 0.05) is 6.04 Å². The molecule has 0 aliphatic rings. The van der Waals surface area contributed by atoms with Crippen molar-refractivity contribution < 1.29 is 9.90 Å². The van der Waals surface area contributed by atoms with Crippen molar-refractivity contribution in [3.8, 4) is 0 Å². The van der Waals surface area contributed by atoms with E-state index in [2.05, 4.69) is 19.2 Å². The van der Waals surface area contributed by atoms with Gasteiger partial charge in [0.2, 0.25) is 0 Å². The van der Waals surface area contributed by atoms with Crippen LogP contribution in [-0.4, -0.2) is 23.7 Å². The summed E-state index contributed by atoms with van der Waals surface area (Å²) in [6, 6.07) is 0.0552. The molecule has 0 fully saturated rings. The van der Waals surface area contributed by atoms with Gasteiger partial charge >= 0.3 is 5.97 Å². The van der Waals surface area contributed by atoms with Crippen LogP contribution < -0.4 is 5.32 Å². The van der Waals surface area contributed by atoms with E-state index in [1.54, 1.807) is 6.92 Å². The molecule has 0 bridgehead atoms. The number of carboxylic acids is 1. The zero-order valence-corrected chi connectivity index (χ0v) is 9.71. The molecule has 3 heteroatoms. The minimum absolute atomic E-state index is 0.0552. The van der Waals surface area contributed by atoms with Crippen LogP contribution in [0.25, 0.3) is 0 Å². The Morgan fingerprint density at radius 2 is 1.86 bits per heavy atom. The monoisotopic (exact) mass is 201 g/mol. The fourth-order valence-corrected chi connectivity index (χ4v) is 1.23. The van der Waals surface area contributed by atoms with Crippen LogP contribution in [0.15, 0.2) is 0 Å². The van der Waals surface area contributed by atoms with Crippen molar-refractivity contribution in [2.75, 3.05) is 6.54 Å². The van der Waals surface area contributed by atoms with Crippen molar-refractivity contribution in [3.63, 3.8) is 0 Å². The summed E-state index contributed by atoms with van der Waals surface area (Å²) in [4.78, 5) is 10.6. The van der Waals surface area contributed by atoms with Crippen LogP contribution in [0, 0.1) is 11.8 Å². The van der Waals surface area contributed by atoms with Crippen LogP contribution in [-0.2, 0) is 4.79 Å². The minimum Gasteiger partial charge on any atom is -0.481 e. The average molecular weight is 201 g/mol. The molecule has 2 atom stereocenters. The van der Waals surface area contributed by atoms with E-state index in [9.17, 15) is 4.79 Å². The van der Waals surface area contributed by atoms with E-state index in [-0.39, 0.29) is 12.0 Å². The molecule has 2 unspecified atom stereocenters. The average Bonchev–Trinajstić information content (AvgIpc) is 2.10. The van der Waals surface area contributed by atoms with Crippen LogP contribution in [0.5, 0.6) is 0 Å². The number of hydrogen-bond donors (Lipinski definition) is 2. The van der Waals surface area contributed by atoms with Gasteiger partial charge in [0.25, 0.3) is 0 Å². The highest BCUT2D eigenvalue weighted by atomic mass is 16.4. The fraction of sp³-hybridized carbons (Fsp3) is 0.909. The molecule has 14 heavy (non-hydrogen) atoms. The van der Waals surface area contributed by atoms with Crippen molar-refractivity contribution in [3.05, 3.63) is 0 Å². The van der Waals surface area contributed by atoms with E-state index in [0.717, 1.165) is 18.9 Å². The highest BCUT2D eigenvalue weighted by molar-refractivity contribution is 5.70. The molecule has 0 aliphatic heterocycles. The highest BCUT2D eigenvalue weighted by Gasteiger charge is 2.17. The Labute approximate surface area is 86.9 Å². The zero-order chi connectivity index (χ0) is 11.1. The highest BCUT2D eigenvalue weighted by Crippen LogP contribution is 2.05. The Bertz CT molecular complexity index is 169. The smallest absolute Gasteiger partial charge is 0.307 e. The summed E-state index contributed by atoms with van der Waals surface area (Å²) in [5, 5.41) is 12.0. The third kappa shape index (κ3) is 5.97. The van der Waals surface area contributed by atoms with Gasteiger partial charge < -0.3 is 10.4 Å². The summed E-state index contributed by atoms with van der Waals surface area (Å²) in [6.45, 7) is 8.97. The molecular formula is C11H23NO2. The van der Waals surface area contributed by atoms with E-state index in [0.29, 0.717) is 0 Å². The Balaban J connectivity index is 3.53. The molecule has 2 N–H and O–H groups in total. The Morgan fingerprint density at radius 3 is 2.29 bits per heavy atom. The predicted octanol–water partition coefficient (Wildman–Crippen LogP) is 2.12. The number of rotatable bonds is 7. The molecule has 0 amide bonds. The van der Waals surface area contributed by atoms with Gasteiger partial charge in [0.1, 0.15) is 0 Å². The summed E-state index contributed by atoms with van der Waals surface area (Å²) in [5.41, 5.74) is 0. The lowest BCUT2D eigenvalue weighted by Crippen LogP contribution is -2.36. The molecule has 0 saturated carbocycles. The van der Waals surface area contributed by atoms with E-state index in [1.165, 1.54) is 6.42 Å². The first-order chi connectivity index (χ1) is 6.45. The lowest BCUT2D eigenvalue weighted by Gasteiger charge is -2.17. The summed E-state index contributed by atoms with van der Waals surface area (Å²) < 4.78 is 0. The molecule has 0 rings (SSSR count). The van der Waals surface area contributed by atoms with E-state index in [1.807, 2.05) is 6.92 Å². The van der Waals surface area contributed by atoms with Crippen LogP contribution >= 0.6 is 0 Å². The van der Waals surface area contributed by atoms with Crippen LogP contribution in [0.2, 0.25) is 0 Å². The Kier molecular flexibility index (Phi) is 6.54. The quantitative estimate of drug-likeness (QED) is 0.620. The van der Waals surface area contributed by atoms with E-state index >= 15 is 0 Å². The second kappa shape index (κ2) is 6.82. The van der Waals surface area contributed by atoms with Crippen molar-refractivity contribution in [1.82, 2.24) is 5.32 Å². The fourth-order valence-electron chi connectivity index (χ4n) is 1.23. The number of carbonyl (C=O) groups is 1. The van der Waals surface area contributed by atoms with Gasteiger partial charge in [-0.25, -0.2) is 0 Å². The molecule has 84 valence electrons. The topological polar surface area (TPSA) is 49.3 Å². The largest absolute Gasteiger partial charge is 0.481 e. The molecule has 0 aromatic heterocycles. The van der Waals surface area contributed by atoms with Crippen LogP contribution in [0.1, 0.15) is 40.5 Å². The zero-order valence-electron chi connectivity index (χ0n) is 9.71. The summed E-state index contributed by atoms with van der Waals surface area (Å²) in [7, 11) is 0. The maximum absolute atomic E-state index is 10.6. The predicted molar refractivity (Wildman–Crippen MR) is 58.3 cm³/mol. The standard InChI is InChI=1S/C11H23NO2/c1-8(2)6-5-7-12-10(4)9(3)11(13)14/h8-10,12H,5-7H2,1-4H3,(H,13,14). The van der Waals surface area contributed by atoms with Crippen molar-refractivity contribution in [2.24, 2.45) is 11.8 Å². The summed E-state index contributed by atoms with van der Waals surface area (Å²) in [5.74, 6) is -0.313. The molecule has 0 saturated heterocycles. The van der Waals surface area contributed by atoms with Gasteiger partial charge in [-0.3, -0.25) is 4.79 Å². The number of aliphatic carboxylic acids is 1. The maximum Gasteiger partial charge on any atom is 0.307 e. The first-order valence-electron chi connectivity index (χ1n) is 5.41. The van der Waals surface area contributed by atoms with E-state index < -0.39 is 5.97 Å². The Morgan fingerprint density at radius 1 is 1.29 bits per heavy atom. The van der Waals surface area contributed by atoms with Gasteiger partial charge in [0.05, 0.1) is 5.92 Å². The minimum atomic E-state index is -0.728. The second-order valence-corrected chi connectivity index (χ2v) is 4.41. The molecule has 0 spiro atoms. The molecule has 0 aliphatic carbocycles. The molecular weight excluding hydrogens is 178 g/mol. The van der Waals surface area contributed by atoms with Gasteiger partial charge in [0.15, 0.2) is 0 Å². The van der Waals surface area contributed by atoms with Crippen molar-refractivity contribution in [2.45, 2.75) is 46.6 Å². The van der Waals surface area contributed by atoms with Crippen LogP contribution in [0.3, 0.4) is 0 Å². The normalized spacial score (nSPS) is 15.5. The number of nitrogens with one attached hydrogen (secondary N) is 1. The molecule has 0 aromatic rings. The third-order valence-corrected chi connectivity index (χ3v) is 2.56. The summed E-state index contributed by atoms with van der Waals surface area (Å²) >= 11 is 0. The lowest BCUT2D eigenvalue weighted by atomic mass is 10.0. The third-order valence-electron chi connectivity index (χ3n) is 2.56. The molecule has 0 heterocycles. The van der Waals surface area contributed by atoms with Gasteiger partial charge in [-0.05, 0) is 32.2 Å². The van der Waals surface area contributed by atoms with Crippen molar-refractivity contribution in [1.29, 1.82) is 0 Å². The Hall–Kier alpha value is -0.570. The van der Waals surface area contributed by atoms with Crippen molar-refractivity contribution >= 4 is 5.97 Å². The van der Waals surface area contributed by atoms with Gasteiger partial charge in [-0.1, -0.05) is 20.8 Å². The lowest BCUT2D eigenvalue weighted by molar-refractivity contribution is -0.141.